The second-order valence-electron chi connectivity index (χ2n) is 5.73. The summed E-state index contributed by atoms with van der Waals surface area (Å²) >= 11 is 0. The Labute approximate surface area is 94.2 Å². The fourth-order valence-electron chi connectivity index (χ4n) is 3.69. The van der Waals surface area contributed by atoms with Crippen LogP contribution in [0.15, 0.2) is 0 Å². The summed E-state index contributed by atoms with van der Waals surface area (Å²) in [7, 11) is 0. The summed E-state index contributed by atoms with van der Waals surface area (Å²) in [4.78, 5) is 2.72. The molecule has 0 aromatic carbocycles. The van der Waals surface area contributed by atoms with Crippen LogP contribution >= 0.6 is 0 Å². The Bertz CT molecular complexity index is 205. The van der Waals surface area contributed by atoms with E-state index in [4.69, 9.17) is 5.73 Å². The number of hydrogen-bond donors (Lipinski definition) is 1. The summed E-state index contributed by atoms with van der Waals surface area (Å²) in [6.07, 6.45) is 6.93. The maximum absolute atomic E-state index is 5.86. The van der Waals surface area contributed by atoms with Gasteiger partial charge in [-0.05, 0) is 50.5 Å². The van der Waals surface area contributed by atoms with Gasteiger partial charge in [-0.15, -0.1) is 0 Å². The van der Waals surface area contributed by atoms with Crippen LogP contribution in [0.2, 0.25) is 0 Å². The normalized spacial score (nSPS) is 43.4. The molecule has 88 valence electrons. The van der Waals surface area contributed by atoms with Crippen LogP contribution in [-0.4, -0.2) is 30.1 Å². The Morgan fingerprint density at radius 3 is 2.67 bits per heavy atom. The Balaban J connectivity index is 1.97. The minimum atomic E-state index is 0.686. The SMILES string of the molecule is CC1CCC(N2CCCC2CN)C(C)C1. The molecule has 0 bridgehead atoms. The van der Waals surface area contributed by atoms with Crippen LogP contribution in [0.3, 0.4) is 0 Å². The predicted molar refractivity (Wildman–Crippen MR) is 64.7 cm³/mol. The molecule has 4 atom stereocenters. The summed E-state index contributed by atoms with van der Waals surface area (Å²) < 4.78 is 0. The van der Waals surface area contributed by atoms with Gasteiger partial charge in [-0.25, -0.2) is 0 Å². The first-order chi connectivity index (χ1) is 7.22. The largest absolute Gasteiger partial charge is 0.329 e. The van der Waals surface area contributed by atoms with Crippen LogP contribution in [0.4, 0.5) is 0 Å². The zero-order chi connectivity index (χ0) is 10.8. The zero-order valence-corrected chi connectivity index (χ0v) is 10.3. The second-order valence-corrected chi connectivity index (χ2v) is 5.73. The minimum Gasteiger partial charge on any atom is -0.329 e. The molecular formula is C13H26N2. The Kier molecular flexibility index (Phi) is 3.68. The highest BCUT2D eigenvalue weighted by Gasteiger charge is 2.35. The van der Waals surface area contributed by atoms with Gasteiger partial charge in [-0.2, -0.15) is 0 Å². The molecule has 1 saturated carbocycles. The molecule has 0 aromatic heterocycles. The third-order valence-corrected chi connectivity index (χ3v) is 4.51. The van der Waals surface area contributed by atoms with Crippen molar-refractivity contribution in [1.82, 2.24) is 4.90 Å². The maximum atomic E-state index is 5.86. The highest BCUT2D eigenvalue weighted by atomic mass is 15.2. The van der Waals surface area contributed by atoms with Crippen molar-refractivity contribution >= 4 is 0 Å². The molecule has 1 heterocycles. The van der Waals surface area contributed by atoms with Crippen molar-refractivity contribution in [3.63, 3.8) is 0 Å². The van der Waals surface area contributed by atoms with E-state index >= 15 is 0 Å². The smallest absolute Gasteiger partial charge is 0.0221 e. The fourth-order valence-corrected chi connectivity index (χ4v) is 3.69. The molecule has 15 heavy (non-hydrogen) atoms. The first kappa shape index (κ1) is 11.4. The van der Waals surface area contributed by atoms with Crippen molar-refractivity contribution < 1.29 is 0 Å². The van der Waals surface area contributed by atoms with E-state index in [1.165, 1.54) is 38.6 Å². The summed E-state index contributed by atoms with van der Waals surface area (Å²) in [5.74, 6) is 1.82. The number of hydrogen-bond acceptors (Lipinski definition) is 2. The van der Waals surface area contributed by atoms with Crippen molar-refractivity contribution in [3.8, 4) is 0 Å². The highest BCUT2D eigenvalue weighted by molar-refractivity contribution is 4.90. The van der Waals surface area contributed by atoms with E-state index in [0.29, 0.717) is 6.04 Å². The topological polar surface area (TPSA) is 29.3 Å². The van der Waals surface area contributed by atoms with Crippen LogP contribution < -0.4 is 5.73 Å². The molecule has 1 saturated heterocycles. The van der Waals surface area contributed by atoms with Crippen molar-refractivity contribution in [3.05, 3.63) is 0 Å². The molecular weight excluding hydrogens is 184 g/mol. The third kappa shape index (κ3) is 2.36. The molecule has 0 spiro atoms. The number of likely N-dealkylation sites (tertiary alicyclic amines) is 1. The molecule has 0 radical (unpaired) electrons. The van der Waals surface area contributed by atoms with Crippen molar-refractivity contribution in [2.45, 2.75) is 58.0 Å². The molecule has 0 amide bonds. The lowest BCUT2D eigenvalue weighted by Crippen LogP contribution is -2.47. The average molecular weight is 210 g/mol. The Hall–Kier alpha value is -0.0800. The highest BCUT2D eigenvalue weighted by Crippen LogP contribution is 2.35. The molecule has 2 nitrogen and oxygen atoms in total. The average Bonchev–Trinajstić information content (AvgIpc) is 2.65. The number of rotatable bonds is 2. The summed E-state index contributed by atoms with van der Waals surface area (Å²) in [5.41, 5.74) is 5.86. The van der Waals surface area contributed by atoms with Crippen LogP contribution in [0.5, 0.6) is 0 Å². The van der Waals surface area contributed by atoms with Gasteiger partial charge < -0.3 is 5.73 Å². The second kappa shape index (κ2) is 4.84. The molecule has 4 unspecified atom stereocenters. The van der Waals surface area contributed by atoms with Crippen LogP contribution in [0.25, 0.3) is 0 Å². The Morgan fingerprint density at radius 2 is 2.00 bits per heavy atom. The lowest BCUT2D eigenvalue weighted by atomic mass is 9.79. The first-order valence-corrected chi connectivity index (χ1v) is 6.68. The van der Waals surface area contributed by atoms with E-state index in [1.54, 1.807) is 0 Å². The van der Waals surface area contributed by atoms with Crippen molar-refractivity contribution in [2.75, 3.05) is 13.1 Å². The van der Waals surface area contributed by atoms with E-state index in [-0.39, 0.29) is 0 Å². The molecule has 1 aliphatic heterocycles. The first-order valence-electron chi connectivity index (χ1n) is 6.68. The number of nitrogens with two attached hydrogens (primary N) is 1. The van der Waals surface area contributed by atoms with Crippen LogP contribution in [0.1, 0.15) is 46.0 Å². The third-order valence-electron chi connectivity index (χ3n) is 4.51. The Morgan fingerprint density at radius 1 is 1.20 bits per heavy atom. The zero-order valence-electron chi connectivity index (χ0n) is 10.3. The summed E-state index contributed by atoms with van der Waals surface area (Å²) in [5, 5.41) is 0. The molecule has 2 fully saturated rings. The van der Waals surface area contributed by atoms with Crippen LogP contribution in [0, 0.1) is 11.8 Å². The molecule has 1 aliphatic carbocycles. The van der Waals surface area contributed by atoms with Gasteiger partial charge in [0.05, 0.1) is 0 Å². The van der Waals surface area contributed by atoms with Gasteiger partial charge in [0.1, 0.15) is 0 Å². The lowest BCUT2D eigenvalue weighted by molar-refractivity contribution is 0.0853. The summed E-state index contributed by atoms with van der Waals surface area (Å²) in [6.45, 7) is 6.99. The van der Waals surface area contributed by atoms with Gasteiger partial charge in [0.2, 0.25) is 0 Å². The van der Waals surface area contributed by atoms with Crippen molar-refractivity contribution in [2.24, 2.45) is 17.6 Å². The fraction of sp³-hybridized carbons (Fsp3) is 1.00. The van der Waals surface area contributed by atoms with E-state index < -0.39 is 0 Å². The number of nitrogens with zero attached hydrogens (tertiary/aromatic N) is 1. The van der Waals surface area contributed by atoms with Gasteiger partial charge >= 0.3 is 0 Å². The van der Waals surface area contributed by atoms with E-state index in [0.717, 1.165) is 24.4 Å². The van der Waals surface area contributed by atoms with E-state index in [1.807, 2.05) is 0 Å². The van der Waals surface area contributed by atoms with Gasteiger partial charge in [0, 0.05) is 18.6 Å². The molecule has 0 aromatic rings. The van der Waals surface area contributed by atoms with Gasteiger partial charge in [0.25, 0.3) is 0 Å². The van der Waals surface area contributed by atoms with E-state index in [9.17, 15) is 0 Å². The van der Waals surface area contributed by atoms with Gasteiger partial charge in [-0.3, -0.25) is 4.90 Å². The summed E-state index contributed by atoms with van der Waals surface area (Å²) in [6, 6.07) is 1.52. The van der Waals surface area contributed by atoms with Gasteiger partial charge in [0.15, 0.2) is 0 Å². The monoisotopic (exact) mass is 210 g/mol. The minimum absolute atomic E-state index is 0.686. The maximum Gasteiger partial charge on any atom is 0.0221 e. The molecule has 2 N–H and O–H groups in total. The van der Waals surface area contributed by atoms with Crippen LogP contribution in [-0.2, 0) is 0 Å². The van der Waals surface area contributed by atoms with Gasteiger partial charge in [-0.1, -0.05) is 13.8 Å². The van der Waals surface area contributed by atoms with Crippen molar-refractivity contribution in [1.29, 1.82) is 0 Å². The standard InChI is InChI=1S/C13H26N2/c1-10-5-6-13(11(2)8-10)15-7-3-4-12(15)9-14/h10-13H,3-9,14H2,1-2H3. The molecule has 2 rings (SSSR count). The quantitative estimate of drug-likeness (QED) is 0.757. The molecule has 2 aliphatic rings. The molecule has 2 heteroatoms. The lowest BCUT2D eigenvalue weighted by Gasteiger charge is -2.41. The van der Waals surface area contributed by atoms with E-state index in [2.05, 4.69) is 18.7 Å². The predicted octanol–water partition coefficient (Wildman–Crippen LogP) is 2.23.